The highest BCUT2D eigenvalue weighted by Gasteiger charge is 2.13. The number of nitrogens with zero attached hydrogens (tertiary/aromatic N) is 2. The van der Waals surface area contributed by atoms with Gasteiger partial charge in [-0.2, -0.15) is 0 Å². The molecule has 0 aliphatic rings. The number of nitrogens with two attached hydrogens (primary N) is 1. The van der Waals surface area contributed by atoms with E-state index in [9.17, 15) is 13.2 Å². The Morgan fingerprint density at radius 2 is 1.97 bits per heavy atom. The van der Waals surface area contributed by atoms with E-state index in [1.165, 1.54) is 23.5 Å². The van der Waals surface area contributed by atoms with Crippen molar-refractivity contribution in [3.05, 3.63) is 86.7 Å². The van der Waals surface area contributed by atoms with Crippen LogP contribution in [-0.2, 0) is 23.1 Å². The van der Waals surface area contributed by atoms with Crippen molar-refractivity contribution in [2.75, 3.05) is 5.32 Å². The third kappa shape index (κ3) is 6.08. The van der Waals surface area contributed by atoms with Crippen molar-refractivity contribution in [1.29, 1.82) is 0 Å². The van der Waals surface area contributed by atoms with Crippen LogP contribution < -0.4 is 15.2 Å². The second kappa shape index (κ2) is 10.1. The van der Waals surface area contributed by atoms with Crippen molar-refractivity contribution in [3.8, 4) is 5.75 Å². The number of nitrogens with one attached hydrogen (secondary N) is 1. The van der Waals surface area contributed by atoms with E-state index in [0.717, 1.165) is 16.1 Å². The van der Waals surface area contributed by atoms with Gasteiger partial charge >= 0.3 is 0 Å². The quantitative estimate of drug-likeness (QED) is 0.327. The first-order valence-electron chi connectivity index (χ1n) is 9.90. The largest absolute Gasteiger partial charge is 0.484 e. The van der Waals surface area contributed by atoms with Gasteiger partial charge in [0.05, 0.1) is 15.1 Å². The minimum absolute atomic E-state index is 0.0594. The predicted octanol–water partition coefficient (Wildman–Crippen LogP) is 4.27. The first-order valence-corrected chi connectivity index (χ1v) is 13.1. The van der Waals surface area contributed by atoms with Crippen LogP contribution in [0, 0.1) is 6.92 Å². The van der Waals surface area contributed by atoms with E-state index >= 15 is 0 Å². The van der Waals surface area contributed by atoms with Crippen LogP contribution in [0.2, 0.25) is 0 Å². The number of hydrogen-bond acceptors (Lipinski definition) is 8. The van der Waals surface area contributed by atoms with Crippen LogP contribution in [0.4, 0.5) is 5.13 Å². The number of carbonyl (C=O) groups is 1. The lowest BCUT2D eigenvalue weighted by atomic mass is 10.1. The number of aryl methyl sites for hydroxylation is 1. The summed E-state index contributed by atoms with van der Waals surface area (Å²) in [6.45, 7) is 2.05. The molecular weight excluding hydrogens is 544 g/mol. The van der Waals surface area contributed by atoms with Crippen molar-refractivity contribution in [1.82, 2.24) is 10.1 Å². The molecule has 3 N–H and O–H groups in total. The van der Waals surface area contributed by atoms with Crippen LogP contribution in [0.25, 0.3) is 0 Å². The molecule has 2 aromatic carbocycles. The Balaban J connectivity index is 1.36. The maximum absolute atomic E-state index is 12.7. The molecule has 0 saturated carbocycles. The first kappa shape index (κ1) is 24.1. The summed E-state index contributed by atoms with van der Waals surface area (Å²) in [5.41, 5.74) is 2.11. The summed E-state index contributed by atoms with van der Waals surface area (Å²) in [4.78, 5) is 17.9. The highest BCUT2D eigenvalue weighted by Crippen LogP contribution is 2.28. The van der Waals surface area contributed by atoms with Gasteiger partial charge in [-0.25, -0.2) is 18.5 Å². The minimum Gasteiger partial charge on any atom is -0.484 e. The molecule has 1 amide bonds. The number of thiazole rings is 1. The molecule has 4 rings (SSSR count). The van der Waals surface area contributed by atoms with E-state index < -0.39 is 10.0 Å². The van der Waals surface area contributed by atoms with Gasteiger partial charge in [0, 0.05) is 29.1 Å². The number of ether oxygens (including phenoxy) is 1. The zero-order chi connectivity index (χ0) is 24.3. The van der Waals surface area contributed by atoms with E-state index in [-0.39, 0.29) is 17.4 Å². The lowest BCUT2D eigenvalue weighted by Crippen LogP contribution is -2.11. The normalized spacial score (nSPS) is 11.4. The fourth-order valence-electron chi connectivity index (χ4n) is 3.01. The topological polar surface area (TPSA) is 137 Å². The lowest BCUT2D eigenvalue weighted by molar-refractivity contribution is 0.102. The van der Waals surface area contributed by atoms with Crippen molar-refractivity contribution in [3.63, 3.8) is 0 Å². The molecule has 176 valence electrons. The van der Waals surface area contributed by atoms with Gasteiger partial charge in [-0.1, -0.05) is 17.3 Å². The number of amides is 1. The molecule has 0 spiro atoms. The summed E-state index contributed by atoms with van der Waals surface area (Å²) in [6.07, 6.45) is 2.21. The average Bonchev–Trinajstić information content (AvgIpc) is 3.41. The fraction of sp³-hybridized carbons (Fsp3) is 0.136. The zero-order valence-corrected chi connectivity index (χ0v) is 21.0. The molecule has 0 radical (unpaired) electrons. The number of primary sulfonamides is 1. The Bertz CT molecular complexity index is 1430. The van der Waals surface area contributed by atoms with E-state index in [4.69, 9.17) is 14.4 Å². The van der Waals surface area contributed by atoms with Gasteiger partial charge < -0.3 is 9.26 Å². The van der Waals surface area contributed by atoms with Gasteiger partial charge in [-0.3, -0.25) is 10.1 Å². The molecule has 4 aromatic rings. The zero-order valence-electron chi connectivity index (χ0n) is 17.8. The lowest BCUT2D eigenvalue weighted by Gasteiger charge is -2.08. The van der Waals surface area contributed by atoms with Gasteiger partial charge in [0.2, 0.25) is 10.0 Å². The Hall–Kier alpha value is -3.06. The third-order valence-electron chi connectivity index (χ3n) is 4.65. The third-order valence-corrected chi connectivity index (χ3v) is 7.11. The van der Waals surface area contributed by atoms with Gasteiger partial charge in [-0.15, -0.1) is 11.3 Å². The number of rotatable bonds is 8. The molecule has 34 heavy (non-hydrogen) atoms. The van der Waals surface area contributed by atoms with Gasteiger partial charge in [-0.05, 0) is 58.7 Å². The van der Waals surface area contributed by atoms with Gasteiger partial charge in [0.1, 0.15) is 12.4 Å². The second-order valence-electron chi connectivity index (χ2n) is 7.32. The summed E-state index contributed by atoms with van der Waals surface area (Å²) in [5.74, 6) is 0.859. The molecule has 12 heteroatoms. The Kier molecular flexibility index (Phi) is 7.12. The molecule has 0 fully saturated rings. The number of carbonyl (C=O) groups excluding carboxylic acids is 1. The number of hydrogen-bond donors (Lipinski definition) is 2. The molecule has 9 nitrogen and oxygen atoms in total. The number of benzene rings is 2. The molecule has 0 aliphatic heterocycles. The first-order chi connectivity index (χ1) is 16.2. The molecule has 0 aliphatic carbocycles. The smallest absolute Gasteiger partial charge is 0.257 e. The highest BCUT2D eigenvalue weighted by atomic mass is 79.9. The molecule has 0 saturated heterocycles. The molecule has 2 aromatic heterocycles. The summed E-state index contributed by atoms with van der Waals surface area (Å²) in [7, 11) is -3.72. The number of anilines is 1. The summed E-state index contributed by atoms with van der Waals surface area (Å²) in [6, 6.07) is 13.1. The Morgan fingerprint density at radius 1 is 1.21 bits per heavy atom. The standard InChI is InChI=1S/C22H19BrN4O5S2/c1-13-8-16(32-27-13)12-31-20-7-4-15(10-19(20)23)21(28)26-22-25-11-17(33-22)9-14-2-5-18(6-3-14)34(24,29)30/h2-8,10-11H,9,12H2,1H3,(H2,24,29,30)(H,25,26,28). The Morgan fingerprint density at radius 3 is 2.62 bits per heavy atom. The van der Waals surface area contributed by atoms with Crippen molar-refractivity contribution in [2.45, 2.75) is 24.8 Å². The molecule has 0 unspecified atom stereocenters. The van der Waals surface area contributed by atoms with E-state index in [1.807, 2.05) is 6.92 Å². The maximum atomic E-state index is 12.7. The van der Waals surface area contributed by atoms with Crippen LogP contribution >= 0.6 is 27.3 Å². The maximum Gasteiger partial charge on any atom is 0.257 e. The van der Waals surface area contributed by atoms with Crippen LogP contribution in [0.15, 0.2) is 68.6 Å². The van der Waals surface area contributed by atoms with E-state index in [1.54, 1.807) is 42.6 Å². The summed E-state index contributed by atoms with van der Waals surface area (Å²) >= 11 is 4.77. The minimum atomic E-state index is -3.72. The van der Waals surface area contributed by atoms with E-state index in [2.05, 4.69) is 31.4 Å². The highest BCUT2D eigenvalue weighted by molar-refractivity contribution is 9.10. The van der Waals surface area contributed by atoms with Crippen LogP contribution in [0.5, 0.6) is 5.75 Å². The second-order valence-corrected chi connectivity index (χ2v) is 10.9. The Labute approximate surface area is 208 Å². The predicted molar refractivity (Wildman–Crippen MR) is 130 cm³/mol. The van der Waals surface area contributed by atoms with Crippen molar-refractivity contribution >= 4 is 48.3 Å². The van der Waals surface area contributed by atoms with Crippen LogP contribution in [0.3, 0.4) is 0 Å². The molecular formula is C22H19BrN4O5S2. The summed E-state index contributed by atoms with van der Waals surface area (Å²) in [5, 5.41) is 12.2. The van der Waals surface area contributed by atoms with Gasteiger partial charge in [0.25, 0.3) is 5.91 Å². The van der Waals surface area contributed by atoms with Crippen molar-refractivity contribution in [2.24, 2.45) is 5.14 Å². The monoisotopic (exact) mass is 562 g/mol. The molecule has 0 bridgehead atoms. The SMILES string of the molecule is Cc1cc(COc2ccc(C(=O)Nc3ncc(Cc4ccc(S(N)(=O)=O)cc4)s3)cc2Br)on1. The van der Waals surface area contributed by atoms with Crippen LogP contribution in [-0.4, -0.2) is 24.5 Å². The van der Waals surface area contributed by atoms with Crippen LogP contribution in [0.1, 0.15) is 32.3 Å². The average molecular weight is 563 g/mol. The number of aromatic nitrogens is 2. The van der Waals surface area contributed by atoms with Gasteiger partial charge in [0.15, 0.2) is 10.9 Å². The summed E-state index contributed by atoms with van der Waals surface area (Å²) < 4.78 is 34.2. The number of halogens is 1. The molecule has 0 atom stereocenters. The number of sulfonamides is 1. The molecule has 2 heterocycles. The van der Waals surface area contributed by atoms with E-state index in [0.29, 0.717) is 33.1 Å². The fourth-order valence-corrected chi connectivity index (χ4v) is 4.86. The van der Waals surface area contributed by atoms with Crippen molar-refractivity contribution < 1.29 is 22.5 Å².